The van der Waals surface area contributed by atoms with Crippen molar-refractivity contribution in [2.24, 2.45) is 0 Å². The lowest BCUT2D eigenvalue weighted by atomic mass is 9.88. The van der Waals surface area contributed by atoms with Crippen LogP contribution in [0.3, 0.4) is 0 Å². The SMILES string of the molecule is O=Cc1cccc(OCCCCCCC(=O)N(C2CCCCC2)C2CCCCC2)c1[N+](=O)[O-]. The smallest absolute Gasteiger partial charge is 0.321 e. The summed E-state index contributed by atoms with van der Waals surface area (Å²) in [6.07, 6.45) is 16.8. The van der Waals surface area contributed by atoms with E-state index in [2.05, 4.69) is 4.90 Å². The molecule has 1 aromatic rings. The molecule has 0 unspecified atom stereocenters. The van der Waals surface area contributed by atoms with Gasteiger partial charge in [0, 0.05) is 18.5 Å². The first-order valence-electron chi connectivity index (χ1n) is 12.8. The molecule has 1 aromatic carbocycles. The highest BCUT2D eigenvalue weighted by Gasteiger charge is 2.31. The first-order chi connectivity index (χ1) is 16.1. The molecule has 2 saturated carbocycles. The fourth-order valence-electron chi connectivity index (χ4n) is 5.41. The van der Waals surface area contributed by atoms with Crippen LogP contribution < -0.4 is 4.74 Å². The number of ether oxygens (including phenoxy) is 1. The molecular formula is C26H38N2O5. The third kappa shape index (κ3) is 7.27. The van der Waals surface area contributed by atoms with Gasteiger partial charge in [-0.1, -0.05) is 57.4 Å². The molecule has 0 aromatic heterocycles. The molecule has 0 aliphatic heterocycles. The third-order valence-electron chi connectivity index (χ3n) is 7.11. The molecule has 2 aliphatic carbocycles. The van der Waals surface area contributed by atoms with Gasteiger partial charge in [0.1, 0.15) is 0 Å². The molecule has 1 amide bonds. The van der Waals surface area contributed by atoms with Crippen LogP contribution in [-0.4, -0.2) is 40.7 Å². The monoisotopic (exact) mass is 458 g/mol. The van der Waals surface area contributed by atoms with Gasteiger partial charge in [0.15, 0.2) is 12.0 Å². The average molecular weight is 459 g/mol. The van der Waals surface area contributed by atoms with Crippen molar-refractivity contribution < 1.29 is 19.2 Å². The minimum absolute atomic E-state index is 0.0245. The van der Waals surface area contributed by atoms with Crippen LogP contribution in [0, 0.1) is 10.1 Å². The Morgan fingerprint density at radius 2 is 1.58 bits per heavy atom. The van der Waals surface area contributed by atoms with Crippen molar-refractivity contribution in [3.05, 3.63) is 33.9 Å². The summed E-state index contributed by atoms with van der Waals surface area (Å²) in [6, 6.07) is 5.41. The molecule has 0 heterocycles. The number of hydrogen-bond donors (Lipinski definition) is 0. The highest BCUT2D eigenvalue weighted by atomic mass is 16.6. The van der Waals surface area contributed by atoms with Crippen molar-refractivity contribution in [2.45, 2.75) is 108 Å². The van der Waals surface area contributed by atoms with Crippen LogP contribution in [0.5, 0.6) is 5.75 Å². The number of aldehydes is 1. The topological polar surface area (TPSA) is 89.8 Å². The Balaban J connectivity index is 1.40. The molecule has 2 fully saturated rings. The molecule has 7 heteroatoms. The van der Waals surface area contributed by atoms with Gasteiger partial charge in [-0.2, -0.15) is 0 Å². The second-order valence-electron chi connectivity index (χ2n) is 9.47. The van der Waals surface area contributed by atoms with Crippen molar-refractivity contribution in [3.8, 4) is 5.75 Å². The normalized spacial score (nSPS) is 17.5. The van der Waals surface area contributed by atoms with E-state index in [9.17, 15) is 19.7 Å². The van der Waals surface area contributed by atoms with Gasteiger partial charge in [0.25, 0.3) is 0 Å². The predicted molar refractivity (Wildman–Crippen MR) is 128 cm³/mol. The van der Waals surface area contributed by atoms with Crippen molar-refractivity contribution in [2.75, 3.05) is 6.61 Å². The van der Waals surface area contributed by atoms with Crippen LogP contribution in [0.4, 0.5) is 5.69 Å². The number of nitro groups is 1. The maximum atomic E-state index is 13.2. The maximum Gasteiger partial charge on any atom is 0.321 e. The molecule has 182 valence electrons. The van der Waals surface area contributed by atoms with Crippen LogP contribution >= 0.6 is 0 Å². The third-order valence-corrected chi connectivity index (χ3v) is 7.11. The summed E-state index contributed by atoms with van der Waals surface area (Å²) in [7, 11) is 0. The summed E-state index contributed by atoms with van der Waals surface area (Å²) < 4.78 is 5.59. The van der Waals surface area contributed by atoms with Crippen molar-refractivity contribution in [3.63, 3.8) is 0 Å². The first-order valence-corrected chi connectivity index (χ1v) is 12.8. The van der Waals surface area contributed by atoms with Gasteiger partial charge in [-0.25, -0.2) is 0 Å². The number of nitro benzene ring substituents is 1. The number of benzene rings is 1. The summed E-state index contributed by atoms with van der Waals surface area (Å²) in [6.45, 7) is 0.355. The molecule has 7 nitrogen and oxygen atoms in total. The number of hydrogen-bond acceptors (Lipinski definition) is 5. The van der Waals surface area contributed by atoms with Gasteiger partial charge in [0.05, 0.1) is 17.1 Å². The van der Waals surface area contributed by atoms with E-state index in [-0.39, 0.29) is 17.0 Å². The summed E-state index contributed by atoms with van der Waals surface area (Å²) in [5.41, 5.74) is -0.250. The second kappa shape index (κ2) is 13.3. The maximum absolute atomic E-state index is 13.2. The average Bonchev–Trinajstić information content (AvgIpc) is 2.84. The Hall–Kier alpha value is -2.44. The molecule has 2 aliphatic rings. The number of para-hydroxylation sites is 1. The molecule has 33 heavy (non-hydrogen) atoms. The van der Waals surface area contributed by atoms with E-state index in [0.717, 1.165) is 51.4 Å². The highest BCUT2D eigenvalue weighted by molar-refractivity contribution is 5.83. The van der Waals surface area contributed by atoms with Crippen LogP contribution in [0.15, 0.2) is 18.2 Å². The molecule has 0 radical (unpaired) electrons. The number of carbonyl (C=O) groups is 2. The predicted octanol–water partition coefficient (Wildman–Crippen LogP) is 6.23. The first kappa shape index (κ1) is 25.2. The van der Waals surface area contributed by atoms with E-state index < -0.39 is 4.92 Å². The molecular weight excluding hydrogens is 420 g/mol. The minimum Gasteiger partial charge on any atom is -0.487 e. The Labute approximate surface area is 197 Å². The number of nitrogens with zero attached hydrogens (tertiary/aromatic N) is 2. The zero-order chi connectivity index (χ0) is 23.5. The number of amides is 1. The summed E-state index contributed by atoms with van der Waals surface area (Å²) in [4.78, 5) is 37.2. The van der Waals surface area contributed by atoms with E-state index in [0.29, 0.717) is 37.3 Å². The van der Waals surface area contributed by atoms with Crippen LogP contribution in [0.25, 0.3) is 0 Å². The van der Waals surface area contributed by atoms with Crippen LogP contribution in [0.1, 0.15) is 107 Å². The van der Waals surface area contributed by atoms with Crippen LogP contribution in [-0.2, 0) is 4.79 Å². The Morgan fingerprint density at radius 3 is 2.15 bits per heavy atom. The zero-order valence-corrected chi connectivity index (χ0v) is 19.7. The summed E-state index contributed by atoms with van der Waals surface area (Å²) in [5, 5.41) is 11.3. The number of unbranched alkanes of at least 4 members (excludes halogenated alkanes) is 3. The van der Waals surface area contributed by atoms with Crippen LogP contribution in [0.2, 0.25) is 0 Å². The van der Waals surface area contributed by atoms with Crippen molar-refractivity contribution in [1.82, 2.24) is 4.90 Å². The van der Waals surface area contributed by atoms with E-state index >= 15 is 0 Å². The molecule has 0 bridgehead atoms. The molecule has 0 spiro atoms. The van der Waals surface area contributed by atoms with Gasteiger partial charge in [-0.3, -0.25) is 19.7 Å². The Bertz CT molecular complexity index is 767. The fourth-order valence-corrected chi connectivity index (χ4v) is 5.41. The van der Waals surface area contributed by atoms with Gasteiger partial charge >= 0.3 is 5.69 Å². The number of carbonyl (C=O) groups excluding carboxylic acids is 2. The van der Waals surface area contributed by atoms with Gasteiger partial charge < -0.3 is 9.64 Å². The minimum atomic E-state index is -0.574. The van der Waals surface area contributed by atoms with E-state index in [1.807, 2.05) is 0 Å². The molecule has 0 atom stereocenters. The molecule has 3 rings (SSSR count). The van der Waals surface area contributed by atoms with Crippen molar-refractivity contribution in [1.29, 1.82) is 0 Å². The highest BCUT2D eigenvalue weighted by Crippen LogP contribution is 2.32. The Morgan fingerprint density at radius 1 is 0.970 bits per heavy atom. The number of rotatable bonds is 12. The van der Waals surface area contributed by atoms with E-state index in [1.165, 1.54) is 50.7 Å². The summed E-state index contributed by atoms with van der Waals surface area (Å²) >= 11 is 0. The second-order valence-corrected chi connectivity index (χ2v) is 9.47. The largest absolute Gasteiger partial charge is 0.487 e. The lowest BCUT2D eigenvalue weighted by Gasteiger charge is -2.42. The lowest BCUT2D eigenvalue weighted by molar-refractivity contribution is -0.386. The van der Waals surface area contributed by atoms with E-state index in [1.54, 1.807) is 6.07 Å². The lowest BCUT2D eigenvalue weighted by Crippen LogP contribution is -2.48. The van der Waals surface area contributed by atoms with E-state index in [4.69, 9.17) is 4.74 Å². The zero-order valence-electron chi connectivity index (χ0n) is 19.7. The van der Waals surface area contributed by atoms with Gasteiger partial charge in [0.2, 0.25) is 5.91 Å². The summed E-state index contributed by atoms with van der Waals surface area (Å²) in [5.74, 6) is 0.474. The quantitative estimate of drug-likeness (QED) is 0.160. The van der Waals surface area contributed by atoms with Gasteiger partial charge in [-0.15, -0.1) is 0 Å². The molecule has 0 saturated heterocycles. The molecule has 0 N–H and O–H groups in total. The standard InChI is InChI=1S/C26H38N2O5/c29-20-21-12-11-17-24(26(21)28(31)32)33-19-10-2-1-9-18-25(30)27(22-13-5-3-6-14-22)23-15-7-4-8-16-23/h11-12,17,20,22-23H,1-10,13-16,18-19H2. The van der Waals surface area contributed by atoms with Gasteiger partial charge in [-0.05, 0) is 50.7 Å². The van der Waals surface area contributed by atoms with Crippen molar-refractivity contribution >= 4 is 17.9 Å². The fraction of sp³-hybridized carbons (Fsp3) is 0.692. The Kier molecular flexibility index (Phi) is 10.2.